The minimum absolute atomic E-state index is 0. The molecule has 0 amide bonds. The Hall–Kier alpha value is -2.70. The number of fused-ring (bicyclic) bond motifs is 1. The largest absolute Gasteiger partial charge is 0.493 e. The Labute approximate surface area is 190 Å². The first-order valence-corrected chi connectivity index (χ1v) is 10.3. The summed E-state index contributed by atoms with van der Waals surface area (Å²) < 4.78 is 11.1. The van der Waals surface area contributed by atoms with Crippen LogP contribution in [0.2, 0.25) is 0 Å². The van der Waals surface area contributed by atoms with Gasteiger partial charge in [0.25, 0.3) is 0 Å². The van der Waals surface area contributed by atoms with Gasteiger partial charge in [-0.3, -0.25) is 9.88 Å². The van der Waals surface area contributed by atoms with Crippen molar-refractivity contribution in [3.63, 3.8) is 0 Å². The highest BCUT2D eigenvalue weighted by Gasteiger charge is 2.30. The van der Waals surface area contributed by atoms with Gasteiger partial charge in [-0.1, -0.05) is 13.8 Å². The van der Waals surface area contributed by atoms with Gasteiger partial charge >= 0.3 is 0 Å². The normalized spacial score (nSPS) is 15.8. The molecule has 4 rings (SSSR count). The molecule has 0 saturated carbocycles. The fourth-order valence-corrected chi connectivity index (χ4v) is 4.08. The van der Waals surface area contributed by atoms with E-state index in [2.05, 4.69) is 58.0 Å². The van der Waals surface area contributed by atoms with Gasteiger partial charge in [-0.15, -0.1) is 12.4 Å². The van der Waals surface area contributed by atoms with Crippen LogP contribution in [-0.4, -0.2) is 40.6 Å². The van der Waals surface area contributed by atoms with E-state index >= 15 is 0 Å². The molecule has 1 aromatic carbocycles. The number of hydrogen-bond acceptors (Lipinski definition) is 6. The number of aromatic nitrogens is 3. The molecule has 0 spiro atoms. The summed E-state index contributed by atoms with van der Waals surface area (Å²) in [7, 11) is 3.36. The van der Waals surface area contributed by atoms with Crippen LogP contribution in [0.5, 0.6) is 11.5 Å². The van der Waals surface area contributed by atoms with Gasteiger partial charge in [0.05, 0.1) is 20.3 Å². The molecule has 0 bridgehead atoms. The number of hydrogen-bond donors (Lipinski definition) is 0. The Balaban J connectivity index is 0.00000272. The van der Waals surface area contributed by atoms with Crippen LogP contribution in [0.4, 0.5) is 0 Å². The molecule has 1 unspecified atom stereocenters. The molecule has 0 radical (unpaired) electrons. The minimum Gasteiger partial charge on any atom is -0.493 e. The number of nitrogens with zero attached hydrogens (tertiary/aromatic N) is 4. The molecule has 3 aromatic rings. The Morgan fingerprint density at radius 3 is 2.29 bits per heavy atom. The summed E-state index contributed by atoms with van der Waals surface area (Å²) in [5.74, 6) is 2.73. The first kappa shape index (κ1) is 23.0. The van der Waals surface area contributed by atoms with Crippen molar-refractivity contribution in [3.05, 3.63) is 77.1 Å². The van der Waals surface area contributed by atoms with Gasteiger partial charge in [0, 0.05) is 49.4 Å². The smallest absolute Gasteiger partial charge is 0.161 e. The van der Waals surface area contributed by atoms with E-state index in [1.807, 2.05) is 24.8 Å². The van der Waals surface area contributed by atoms with Crippen LogP contribution < -0.4 is 9.47 Å². The van der Waals surface area contributed by atoms with Gasteiger partial charge in [-0.2, -0.15) is 0 Å². The fourth-order valence-electron chi connectivity index (χ4n) is 4.08. The second-order valence-corrected chi connectivity index (χ2v) is 7.91. The average molecular weight is 441 g/mol. The SMILES string of the molecule is COc1cc2c(cc1OC)C(c1ccncc1)N(Cc1cnc(C(C)C)nc1)CC2.Cl. The number of benzene rings is 1. The average Bonchev–Trinajstić information content (AvgIpc) is 2.79. The van der Waals surface area contributed by atoms with E-state index in [0.717, 1.165) is 42.4 Å². The number of ether oxygens (including phenoxy) is 2. The Bertz CT molecular complexity index is 996. The quantitative estimate of drug-likeness (QED) is 0.559. The number of methoxy groups -OCH3 is 2. The van der Waals surface area contributed by atoms with E-state index in [0.29, 0.717) is 5.92 Å². The lowest BCUT2D eigenvalue weighted by Gasteiger charge is -2.38. The molecule has 6 nitrogen and oxygen atoms in total. The van der Waals surface area contributed by atoms with Crippen molar-refractivity contribution < 1.29 is 9.47 Å². The molecule has 0 N–H and O–H groups in total. The van der Waals surface area contributed by atoms with Gasteiger partial charge in [0.1, 0.15) is 5.82 Å². The second-order valence-electron chi connectivity index (χ2n) is 7.91. The van der Waals surface area contributed by atoms with Crippen LogP contribution in [0.15, 0.2) is 49.1 Å². The number of rotatable bonds is 6. The molecule has 0 aliphatic carbocycles. The van der Waals surface area contributed by atoms with Gasteiger partial charge in [-0.05, 0) is 47.4 Å². The zero-order valence-corrected chi connectivity index (χ0v) is 19.2. The fraction of sp³-hybridized carbons (Fsp3) is 0.375. The van der Waals surface area contributed by atoms with Crippen LogP contribution >= 0.6 is 12.4 Å². The summed E-state index contributed by atoms with van der Waals surface area (Å²) in [5.41, 5.74) is 4.85. The second kappa shape index (κ2) is 10.1. The van der Waals surface area contributed by atoms with Crippen LogP contribution in [0.3, 0.4) is 0 Å². The number of pyridine rings is 1. The third-order valence-electron chi connectivity index (χ3n) is 5.62. The van der Waals surface area contributed by atoms with E-state index in [4.69, 9.17) is 9.47 Å². The molecule has 2 aromatic heterocycles. The third kappa shape index (κ3) is 4.81. The lowest BCUT2D eigenvalue weighted by atomic mass is 9.87. The molecule has 1 atom stereocenters. The third-order valence-corrected chi connectivity index (χ3v) is 5.62. The zero-order valence-electron chi connectivity index (χ0n) is 18.4. The topological polar surface area (TPSA) is 60.4 Å². The maximum absolute atomic E-state index is 5.60. The summed E-state index contributed by atoms with van der Waals surface area (Å²) >= 11 is 0. The van der Waals surface area contributed by atoms with Gasteiger partial charge < -0.3 is 9.47 Å². The van der Waals surface area contributed by atoms with E-state index in [1.54, 1.807) is 14.2 Å². The van der Waals surface area contributed by atoms with Crippen molar-refractivity contribution in [1.82, 2.24) is 19.9 Å². The van der Waals surface area contributed by atoms with E-state index in [9.17, 15) is 0 Å². The molecular weight excluding hydrogens is 412 g/mol. The molecule has 7 heteroatoms. The van der Waals surface area contributed by atoms with Crippen LogP contribution in [0.1, 0.15) is 53.9 Å². The van der Waals surface area contributed by atoms with Crippen molar-refractivity contribution in [1.29, 1.82) is 0 Å². The lowest BCUT2D eigenvalue weighted by molar-refractivity contribution is 0.203. The predicted octanol–water partition coefficient (Wildman–Crippen LogP) is 4.58. The van der Waals surface area contributed by atoms with Crippen molar-refractivity contribution in [2.24, 2.45) is 0 Å². The number of halogens is 1. The predicted molar refractivity (Wildman–Crippen MR) is 123 cm³/mol. The van der Waals surface area contributed by atoms with E-state index in [1.165, 1.54) is 16.7 Å². The summed E-state index contributed by atoms with van der Waals surface area (Å²) in [6, 6.07) is 8.49. The molecule has 0 saturated heterocycles. The maximum Gasteiger partial charge on any atom is 0.161 e. The Morgan fingerprint density at radius 1 is 1.03 bits per heavy atom. The zero-order chi connectivity index (χ0) is 21.1. The minimum atomic E-state index is 0. The summed E-state index contributed by atoms with van der Waals surface area (Å²) in [6.07, 6.45) is 8.56. The molecule has 1 aliphatic rings. The molecule has 0 fully saturated rings. The highest BCUT2D eigenvalue weighted by molar-refractivity contribution is 5.85. The van der Waals surface area contributed by atoms with Gasteiger partial charge in [0.2, 0.25) is 0 Å². The van der Waals surface area contributed by atoms with Crippen LogP contribution in [0.25, 0.3) is 0 Å². The summed E-state index contributed by atoms with van der Waals surface area (Å²) in [6.45, 7) is 5.93. The highest BCUT2D eigenvalue weighted by atomic mass is 35.5. The summed E-state index contributed by atoms with van der Waals surface area (Å²) in [5, 5.41) is 0. The first-order valence-electron chi connectivity index (χ1n) is 10.3. The summed E-state index contributed by atoms with van der Waals surface area (Å²) in [4.78, 5) is 15.8. The standard InChI is InChI=1S/C24H28N4O2.ClH/c1-16(2)24-26-13-17(14-27-24)15-28-10-7-19-11-21(29-3)22(30-4)12-20(19)23(28)18-5-8-25-9-6-18;/h5-6,8-9,11-14,16,23H,7,10,15H2,1-4H3;1H. The van der Waals surface area contributed by atoms with Crippen LogP contribution in [0, 0.1) is 0 Å². The van der Waals surface area contributed by atoms with E-state index < -0.39 is 0 Å². The Morgan fingerprint density at radius 2 is 1.68 bits per heavy atom. The van der Waals surface area contributed by atoms with Crippen molar-refractivity contribution in [2.75, 3.05) is 20.8 Å². The molecule has 164 valence electrons. The monoisotopic (exact) mass is 440 g/mol. The van der Waals surface area contributed by atoms with Gasteiger partial charge in [-0.25, -0.2) is 9.97 Å². The van der Waals surface area contributed by atoms with Crippen molar-refractivity contribution in [2.45, 2.75) is 38.8 Å². The van der Waals surface area contributed by atoms with Crippen molar-refractivity contribution in [3.8, 4) is 11.5 Å². The molecular formula is C24H29ClN4O2. The molecule has 1 aliphatic heterocycles. The van der Waals surface area contributed by atoms with E-state index in [-0.39, 0.29) is 18.4 Å². The van der Waals surface area contributed by atoms with Crippen molar-refractivity contribution >= 4 is 12.4 Å². The maximum atomic E-state index is 5.60. The van der Waals surface area contributed by atoms with Crippen LogP contribution in [-0.2, 0) is 13.0 Å². The molecule has 31 heavy (non-hydrogen) atoms. The van der Waals surface area contributed by atoms with Gasteiger partial charge in [0.15, 0.2) is 11.5 Å². The first-order chi connectivity index (χ1) is 14.6. The lowest BCUT2D eigenvalue weighted by Crippen LogP contribution is -2.35. The highest BCUT2D eigenvalue weighted by Crippen LogP contribution is 2.41. The Kier molecular flexibility index (Phi) is 7.46. The molecule has 3 heterocycles.